The Morgan fingerprint density at radius 1 is 1.10 bits per heavy atom. The molecule has 0 saturated carbocycles. The summed E-state index contributed by atoms with van der Waals surface area (Å²) >= 11 is 11.9. The first-order valence-corrected chi connectivity index (χ1v) is 11.0. The van der Waals surface area contributed by atoms with Crippen LogP contribution in [0.1, 0.15) is 29.8 Å². The van der Waals surface area contributed by atoms with E-state index in [1.165, 1.54) is 26.0 Å². The molecule has 166 valence electrons. The smallest absolute Gasteiger partial charge is 0.321 e. The van der Waals surface area contributed by atoms with Crippen LogP contribution in [0.4, 0.5) is 24.5 Å². The van der Waals surface area contributed by atoms with E-state index in [1.807, 2.05) is 0 Å². The number of carbonyl (C=O) groups is 2. The van der Waals surface area contributed by atoms with E-state index in [9.17, 15) is 31.2 Å². The van der Waals surface area contributed by atoms with Crippen LogP contribution in [0.15, 0.2) is 36.4 Å². The Morgan fingerprint density at radius 2 is 1.71 bits per heavy atom. The Morgan fingerprint density at radius 3 is 2.26 bits per heavy atom. The SMILES string of the molecule is CC1(C)CS(=O)(=O)N(c2ccc(Cl)c(C(=O)Nc3cc(C(F)(F)F)ccc3Cl)c2)C1=O. The molecule has 0 atom stereocenters. The van der Waals surface area contributed by atoms with Crippen molar-refractivity contribution in [2.24, 2.45) is 5.41 Å². The minimum absolute atomic E-state index is 0.104. The van der Waals surface area contributed by atoms with Crippen LogP contribution in [0.5, 0.6) is 0 Å². The van der Waals surface area contributed by atoms with Gasteiger partial charge in [-0.3, -0.25) is 9.59 Å². The molecule has 2 amide bonds. The van der Waals surface area contributed by atoms with Gasteiger partial charge < -0.3 is 5.32 Å². The second-order valence-corrected chi connectivity index (χ2v) is 10.2. The van der Waals surface area contributed by atoms with Crippen LogP contribution in [-0.2, 0) is 21.0 Å². The van der Waals surface area contributed by atoms with E-state index in [1.54, 1.807) is 0 Å². The molecule has 12 heteroatoms. The monoisotopic (exact) mass is 494 g/mol. The van der Waals surface area contributed by atoms with Gasteiger partial charge in [-0.1, -0.05) is 23.2 Å². The van der Waals surface area contributed by atoms with Crippen molar-refractivity contribution in [3.63, 3.8) is 0 Å². The summed E-state index contributed by atoms with van der Waals surface area (Å²) in [4.78, 5) is 25.3. The third-order valence-electron chi connectivity index (χ3n) is 4.56. The van der Waals surface area contributed by atoms with Crippen molar-refractivity contribution in [1.82, 2.24) is 0 Å². The summed E-state index contributed by atoms with van der Waals surface area (Å²) in [5, 5.41) is 1.99. The second-order valence-electron chi connectivity index (χ2n) is 7.52. The van der Waals surface area contributed by atoms with Gasteiger partial charge in [-0.2, -0.15) is 13.2 Å². The predicted molar refractivity (Wildman–Crippen MR) is 111 cm³/mol. The molecule has 2 aromatic rings. The molecule has 0 aliphatic carbocycles. The molecular formula is C19H15Cl2F3N2O4S. The number of halogens is 5. The molecular weight excluding hydrogens is 480 g/mol. The van der Waals surface area contributed by atoms with Gasteiger partial charge in [0.25, 0.3) is 5.91 Å². The fraction of sp³-hybridized carbons (Fsp3) is 0.263. The van der Waals surface area contributed by atoms with Crippen LogP contribution in [0.3, 0.4) is 0 Å². The Kier molecular flexibility index (Phi) is 5.79. The third kappa shape index (κ3) is 4.51. The van der Waals surface area contributed by atoms with E-state index in [0.717, 1.165) is 18.2 Å². The van der Waals surface area contributed by atoms with Gasteiger partial charge in [0.05, 0.1) is 43.7 Å². The highest BCUT2D eigenvalue weighted by atomic mass is 35.5. The fourth-order valence-corrected chi connectivity index (χ4v) is 5.53. The molecule has 0 bridgehead atoms. The number of hydrogen-bond acceptors (Lipinski definition) is 4. The molecule has 2 aromatic carbocycles. The highest BCUT2D eigenvalue weighted by Crippen LogP contribution is 2.38. The van der Waals surface area contributed by atoms with Gasteiger partial charge in [0.2, 0.25) is 15.9 Å². The van der Waals surface area contributed by atoms with Crippen LogP contribution in [0.2, 0.25) is 10.0 Å². The average Bonchev–Trinajstić information content (AvgIpc) is 2.79. The van der Waals surface area contributed by atoms with Gasteiger partial charge in [-0.25, -0.2) is 12.7 Å². The molecule has 0 aromatic heterocycles. The first-order valence-electron chi connectivity index (χ1n) is 8.68. The van der Waals surface area contributed by atoms with Crippen LogP contribution in [-0.4, -0.2) is 26.0 Å². The lowest BCUT2D eigenvalue weighted by Gasteiger charge is -2.19. The third-order valence-corrected chi connectivity index (χ3v) is 7.23. The van der Waals surface area contributed by atoms with Crippen molar-refractivity contribution in [3.8, 4) is 0 Å². The second kappa shape index (κ2) is 7.68. The standard InChI is InChI=1S/C19H15Cl2F3N2O4S/c1-18(2)9-31(29,30)26(17(18)28)11-4-6-13(20)12(8-11)16(27)25-15-7-10(19(22,23)24)3-5-14(15)21/h3-8H,9H2,1-2H3,(H,25,27). The summed E-state index contributed by atoms with van der Waals surface area (Å²) in [5.41, 5.74) is -2.86. The summed E-state index contributed by atoms with van der Waals surface area (Å²) in [5.74, 6) is -2.03. The Hall–Kier alpha value is -2.30. The molecule has 1 fully saturated rings. The zero-order valence-corrected chi connectivity index (χ0v) is 18.4. The topological polar surface area (TPSA) is 83.6 Å². The molecule has 1 heterocycles. The van der Waals surface area contributed by atoms with E-state index in [2.05, 4.69) is 5.32 Å². The minimum atomic E-state index is -4.65. The maximum Gasteiger partial charge on any atom is 0.416 e. The lowest BCUT2D eigenvalue weighted by molar-refractivity contribution is -0.137. The number of nitrogens with zero attached hydrogens (tertiary/aromatic N) is 1. The van der Waals surface area contributed by atoms with Gasteiger partial charge in [0, 0.05) is 0 Å². The summed E-state index contributed by atoms with van der Waals surface area (Å²) < 4.78 is 64.4. The van der Waals surface area contributed by atoms with E-state index in [0.29, 0.717) is 10.4 Å². The minimum Gasteiger partial charge on any atom is -0.321 e. The highest BCUT2D eigenvalue weighted by molar-refractivity contribution is 7.94. The maximum absolute atomic E-state index is 13.0. The summed E-state index contributed by atoms with van der Waals surface area (Å²) in [7, 11) is -3.98. The van der Waals surface area contributed by atoms with Crippen LogP contribution in [0.25, 0.3) is 0 Å². The number of alkyl halides is 3. The van der Waals surface area contributed by atoms with Crippen LogP contribution in [0, 0.1) is 5.41 Å². The zero-order valence-electron chi connectivity index (χ0n) is 16.0. The van der Waals surface area contributed by atoms with Crippen molar-refractivity contribution >= 4 is 56.4 Å². The van der Waals surface area contributed by atoms with Crippen LogP contribution < -0.4 is 9.62 Å². The van der Waals surface area contributed by atoms with E-state index in [4.69, 9.17) is 23.2 Å². The lowest BCUT2D eigenvalue weighted by atomic mass is 9.95. The first-order chi connectivity index (χ1) is 14.1. The number of nitrogens with one attached hydrogen (secondary N) is 1. The van der Waals surface area contributed by atoms with E-state index in [-0.39, 0.29) is 27.0 Å². The van der Waals surface area contributed by atoms with Gasteiger partial charge in [-0.05, 0) is 50.2 Å². The summed E-state index contributed by atoms with van der Waals surface area (Å²) in [6, 6.07) is 5.96. The fourth-order valence-electron chi connectivity index (χ4n) is 3.06. The summed E-state index contributed by atoms with van der Waals surface area (Å²) in [6.07, 6.45) is -4.65. The molecule has 0 spiro atoms. The molecule has 1 aliphatic heterocycles. The average molecular weight is 495 g/mol. The molecule has 6 nitrogen and oxygen atoms in total. The summed E-state index contributed by atoms with van der Waals surface area (Å²) in [6.45, 7) is 2.96. The number of sulfonamides is 1. The highest BCUT2D eigenvalue weighted by Gasteiger charge is 2.50. The van der Waals surface area contributed by atoms with Gasteiger partial charge in [0.15, 0.2) is 0 Å². The van der Waals surface area contributed by atoms with E-state index < -0.39 is 44.7 Å². The molecule has 1 N–H and O–H groups in total. The van der Waals surface area contributed by atoms with Crippen molar-refractivity contribution in [3.05, 3.63) is 57.6 Å². The first kappa shape index (κ1) is 23.4. The molecule has 3 rings (SSSR count). The van der Waals surface area contributed by atoms with Gasteiger partial charge in [-0.15, -0.1) is 0 Å². The van der Waals surface area contributed by atoms with Gasteiger partial charge >= 0.3 is 6.18 Å². The number of benzene rings is 2. The normalized spacial score (nSPS) is 17.6. The quantitative estimate of drug-likeness (QED) is 0.652. The predicted octanol–water partition coefficient (Wildman–Crippen LogP) is 4.97. The van der Waals surface area contributed by atoms with Crippen molar-refractivity contribution in [1.29, 1.82) is 0 Å². The molecule has 0 unspecified atom stereocenters. The van der Waals surface area contributed by atoms with Crippen molar-refractivity contribution < 1.29 is 31.2 Å². The Labute approximate surface area is 186 Å². The Balaban J connectivity index is 1.98. The van der Waals surface area contributed by atoms with Crippen LogP contribution >= 0.6 is 23.2 Å². The molecule has 0 radical (unpaired) electrons. The number of carbonyl (C=O) groups excluding carboxylic acids is 2. The number of anilines is 2. The van der Waals surface area contributed by atoms with Crippen molar-refractivity contribution in [2.75, 3.05) is 15.4 Å². The Bertz CT molecular complexity index is 1200. The molecule has 1 aliphatic rings. The number of rotatable bonds is 3. The van der Waals surface area contributed by atoms with E-state index >= 15 is 0 Å². The molecule has 1 saturated heterocycles. The largest absolute Gasteiger partial charge is 0.416 e. The number of amides is 2. The maximum atomic E-state index is 13.0. The zero-order chi connectivity index (χ0) is 23.4. The number of hydrogen-bond donors (Lipinski definition) is 1. The van der Waals surface area contributed by atoms with Crippen molar-refractivity contribution in [2.45, 2.75) is 20.0 Å². The lowest BCUT2D eigenvalue weighted by Crippen LogP contribution is -2.33. The van der Waals surface area contributed by atoms with Gasteiger partial charge in [0.1, 0.15) is 0 Å². The molecule has 31 heavy (non-hydrogen) atoms.